The fourth-order valence-electron chi connectivity index (χ4n) is 2.73. The molecule has 0 atom stereocenters. The highest BCUT2D eigenvalue weighted by atomic mass is 16.4. The fraction of sp³-hybridized carbons (Fsp3) is 0.375. The number of hydrogen-bond donors (Lipinski definition) is 1. The van der Waals surface area contributed by atoms with E-state index >= 15 is 0 Å². The van der Waals surface area contributed by atoms with Gasteiger partial charge in [0.25, 0.3) is 0 Å². The molecule has 0 amide bonds. The van der Waals surface area contributed by atoms with Gasteiger partial charge in [0.05, 0.1) is 11.4 Å². The summed E-state index contributed by atoms with van der Waals surface area (Å²) in [7, 11) is 0. The van der Waals surface area contributed by atoms with E-state index in [1.807, 2.05) is 6.07 Å². The number of carboxylic acid groups (broad SMARTS) is 1. The minimum absolute atomic E-state index is 0.239. The van der Waals surface area contributed by atoms with Crippen molar-refractivity contribution < 1.29 is 9.90 Å². The number of aryl methyl sites for hydroxylation is 1. The monoisotopic (exact) mass is 270 g/mol. The topological polar surface area (TPSA) is 53.4 Å². The third kappa shape index (κ3) is 2.22. The number of fused-ring (bicyclic) bond motifs is 1. The molecular formula is C16H18N2O2. The number of carboxylic acids is 1. The lowest BCUT2D eigenvalue weighted by molar-refractivity contribution is -0.142. The van der Waals surface area contributed by atoms with Crippen LogP contribution in [0.3, 0.4) is 0 Å². The van der Waals surface area contributed by atoms with E-state index in [1.165, 1.54) is 5.56 Å². The molecule has 0 spiro atoms. The van der Waals surface area contributed by atoms with Crippen molar-refractivity contribution in [3.8, 4) is 0 Å². The molecule has 1 aromatic carbocycles. The van der Waals surface area contributed by atoms with Crippen molar-refractivity contribution in [2.45, 2.75) is 19.8 Å². The summed E-state index contributed by atoms with van der Waals surface area (Å²) in [5.41, 5.74) is 3.39. The van der Waals surface area contributed by atoms with Crippen LogP contribution in [0.25, 0.3) is 10.9 Å². The van der Waals surface area contributed by atoms with Crippen LogP contribution in [-0.4, -0.2) is 29.1 Å². The summed E-state index contributed by atoms with van der Waals surface area (Å²) in [6, 6.07) is 8.35. The average Bonchev–Trinajstić information content (AvgIpc) is 2.37. The third-order valence-electron chi connectivity index (χ3n) is 3.89. The zero-order valence-electron chi connectivity index (χ0n) is 11.5. The first-order valence-electron chi connectivity index (χ1n) is 7.04. The molecule has 0 bridgehead atoms. The number of aliphatic carboxylic acids is 1. The second kappa shape index (κ2) is 5.12. The van der Waals surface area contributed by atoms with Gasteiger partial charge in [0.15, 0.2) is 0 Å². The van der Waals surface area contributed by atoms with Gasteiger partial charge >= 0.3 is 5.97 Å². The molecule has 2 aromatic rings. The highest BCUT2D eigenvalue weighted by Crippen LogP contribution is 2.31. The van der Waals surface area contributed by atoms with Crippen LogP contribution in [0.5, 0.6) is 0 Å². The van der Waals surface area contributed by atoms with Crippen molar-refractivity contribution in [2.24, 2.45) is 5.92 Å². The molecule has 4 heteroatoms. The van der Waals surface area contributed by atoms with Gasteiger partial charge < -0.3 is 10.0 Å². The van der Waals surface area contributed by atoms with Crippen LogP contribution in [0.1, 0.15) is 18.9 Å². The second-order valence-corrected chi connectivity index (χ2v) is 5.37. The second-order valence-electron chi connectivity index (χ2n) is 5.37. The molecule has 20 heavy (non-hydrogen) atoms. The van der Waals surface area contributed by atoms with Gasteiger partial charge in [0.1, 0.15) is 0 Å². The lowest BCUT2D eigenvalue weighted by Crippen LogP contribution is -2.50. The smallest absolute Gasteiger partial charge is 0.310 e. The van der Waals surface area contributed by atoms with Gasteiger partial charge in [-0.15, -0.1) is 0 Å². The highest BCUT2D eigenvalue weighted by molar-refractivity contribution is 5.93. The normalized spacial score (nSPS) is 15.3. The zero-order chi connectivity index (χ0) is 14.1. The minimum Gasteiger partial charge on any atom is -0.481 e. The Morgan fingerprint density at radius 1 is 1.40 bits per heavy atom. The first-order valence-corrected chi connectivity index (χ1v) is 7.04. The Bertz CT molecular complexity index is 648. The molecule has 104 valence electrons. The molecule has 1 aromatic heterocycles. The summed E-state index contributed by atoms with van der Waals surface area (Å²) >= 11 is 0. The van der Waals surface area contributed by atoms with E-state index < -0.39 is 5.97 Å². The Labute approximate surface area is 118 Å². The summed E-state index contributed by atoms with van der Waals surface area (Å²) in [6.45, 7) is 3.35. The predicted molar refractivity (Wildman–Crippen MR) is 79.1 cm³/mol. The van der Waals surface area contributed by atoms with Crippen LogP contribution in [0, 0.1) is 5.92 Å². The van der Waals surface area contributed by atoms with Crippen LogP contribution in [0.2, 0.25) is 0 Å². The third-order valence-corrected chi connectivity index (χ3v) is 3.89. The van der Waals surface area contributed by atoms with Gasteiger partial charge in [-0.3, -0.25) is 9.78 Å². The van der Waals surface area contributed by atoms with E-state index in [2.05, 4.69) is 35.0 Å². The fourth-order valence-corrected chi connectivity index (χ4v) is 2.73. The van der Waals surface area contributed by atoms with Gasteiger partial charge in [-0.1, -0.05) is 19.4 Å². The molecule has 0 unspecified atom stereocenters. The number of carbonyl (C=O) groups is 1. The number of rotatable bonds is 4. The van der Waals surface area contributed by atoms with Gasteiger partial charge in [0, 0.05) is 30.4 Å². The predicted octanol–water partition coefficient (Wildman–Crippen LogP) is 2.71. The van der Waals surface area contributed by atoms with Gasteiger partial charge in [-0.25, -0.2) is 0 Å². The van der Waals surface area contributed by atoms with Crippen LogP contribution >= 0.6 is 0 Å². The van der Waals surface area contributed by atoms with E-state index in [0.717, 1.165) is 29.4 Å². The maximum absolute atomic E-state index is 10.9. The van der Waals surface area contributed by atoms with E-state index in [-0.39, 0.29) is 5.92 Å². The molecule has 0 radical (unpaired) electrons. The van der Waals surface area contributed by atoms with Crippen LogP contribution < -0.4 is 4.90 Å². The summed E-state index contributed by atoms with van der Waals surface area (Å²) in [5, 5.41) is 10.1. The Hall–Kier alpha value is -2.10. The quantitative estimate of drug-likeness (QED) is 0.928. The average molecular weight is 270 g/mol. The van der Waals surface area contributed by atoms with Gasteiger partial charge in [-0.05, 0) is 30.2 Å². The molecule has 1 saturated heterocycles. The van der Waals surface area contributed by atoms with Crippen LogP contribution in [0.4, 0.5) is 5.69 Å². The lowest BCUT2D eigenvalue weighted by Gasteiger charge is -2.39. The molecule has 0 aliphatic carbocycles. The van der Waals surface area contributed by atoms with E-state index in [4.69, 9.17) is 5.11 Å². The first-order chi connectivity index (χ1) is 9.69. The van der Waals surface area contributed by atoms with Crippen LogP contribution in [-0.2, 0) is 11.2 Å². The standard InChI is InChI=1S/C16H18N2O2/c1-2-3-11-4-5-14-13(8-11)15(6-7-17-14)18-9-12(10-18)16(19)20/h4-8,12H,2-3,9-10H2,1H3,(H,19,20). The van der Waals surface area contributed by atoms with E-state index in [1.54, 1.807) is 6.20 Å². The van der Waals surface area contributed by atoms with Crippen molar-refractivity contribution in [1.29, 1.82) is 0 Å². The molecule has 2 heterocycles. The first kappa shape index (κ1) is 12.9. The van der Waals surface area contributed by atoms with Crippen molar-refractivity contribution >= 4 is 22.6 Å². The molecule has 1 fully saturated rings. The molecule has 1 aliphatic heterocycles. The maximum Gasteiger partial charge on any atom is 0.310 e. The minimum atomic E-state index is -0.703. The van der Waals surface area contributed by atoms with E-state index in [0.29, 0.717) is 13.1 Å². The number of nitrogens with zero attached hydrogens (tertiary/aromatic N) is 2. The summed E-state index contributed by atoms with van der Waals surface area (Å²) < 4.78 is 0. The molecular weight excluding hydrogens is 252 g/mol. The number of pyridine rings is 1. The van der Waals surface area contributed by atoms with Gasteiger partial charge in [0.2, 0.25) is 0 Å². The largest absolute Gasteiger partial charge is 0.481 e. The SMILES string of the molecule is CCCc1ccc2nccc(N3CC(C(=O)O)C3)c2c1. The highest BCUT2D eigenvalue weighted by Gasteiger charge is 2.33. The van der Waals surface area contributed by atoms with Crippen molar-refractivity contribution in [2.75, 3.05) is 18.0 Å². The number of benzene rings is 1. The van der Waals surface area contributed by atoms with Crippen molar-refractivity contribution in [1.82, 2.24) is 4.98 Å². The van der Waals surface area contributed by atoms with Crippen molar-refractivity contribution in [3.05, 3.63) is 36.0 Å². The molecule has 1 aliphatic rings. The summed E-state index contributed by atoms with van der Waals surface area (Å²) in [4.78, 5) is 17.4. The molecule has 0 saturated carbocycles. The Kier molecular flexibility index (Phi) is 3.30. The Morgan fingerprint density at radius 2 is 2.20 bits per heavy atom. The van der Waals surface area contributed by atoms with E-state index in [9.17, 15) is 4.79 Å². The van der Waals surface area contributed by atoms with Crippen molar-refractivity contribution in [3.63, 3.8) is 0 Å². The molecule has 3 rings (SSSR count). The van der Waals surface area contributed by atoms with Gasteiger partial charge in [-0.2, -0.15) is 0 Å². The number of anilines is 1. The number of aromatic nitrogens is 1. The number of hydrogen-bond acceptors (Lipinski definition) is 3. The lowest BCUT2D eigenvalue weighted by atomic mass is 9.98. The Balaban J connectivity index is 1.94. The Morgan fingerprint density at radius 3 is 2.90 bits per heavy atom. The summed E-state index contributed by atoms with van der Waals surface area (Å²) in [6.07, 6.45) is 3.97. The van der Waals surface area contributed by atoms with Crippen LogP contribution in [0.15, 0.2) is 30.5 Å². The molecule has 1 N–H and O–H groups in total. The zero-order valence-corrected chi connectivity index (χ0v) is 11.5. The maximum atomic E-state index is 10.9. The summed E-state index contributed by atoms with van der Waals surface area (Å²) in [5.74, 6) is -0.941. The molecule has 4 nitrogen and oxygen atoms in total.